The second-order valence-electron chi connectivity index (χ2n) is 4.92. The highest BCUT2D eigenvalue weighted by Gasteiger charge is 2.33. The van der Waals surface area contributed by atoms with Crippen LogP contribution in [0.3, 0.4) is 0 Å². The summed E-state index contributed by atoms with van der Waals surface area (Å²) in [6.07, 6.45) is 5.21. The normalized spacial score (nSPS) is 26.7. The number of hydrogen-bond donors (Lipinski definition) is 0. The van der Waals surface area contributed by atoms with Gasteiger partial charge >= 0.3 is 0 Å². The molecule has 2 atom stereocenters. The summed E-state index contributed by atoms with van der Waals surface area (Å²) < 4.78 is 0. The number of fused-ring (bicyclic) bond motifs is 3. The van der Waals surface area contributed by atoms with E-state index in [0.717, 1.165) is 11.4 Å². The molecule has 0 aromatic heterocycles. The Morgan fingerprint density at radius 1 is 1.35 bits per heavy atom. The van der Waals surface area contributed by atoms with E-state index in [0.29, 0.717) is 18.4 Å². The maximum Gasteiger partial charge on any atom is 0.159 e. The fourth-order valence-electron chi connectivity index (χ4n) is 2.83. The smallest absolute Gasteiger partial charge is 0.159 e. The van der Waals surface area contributed by atoms with Gasteiger partial charge < -0.3 is 4.90 Å². The molecule has 0 bridgehead atoms. The number of carbonyl (C=O) groups excluding carboxylic acids is 1. The molecule has 0 radical (unpaired) electrons. The molecule has 0 spiro atoms. The summed E-state index contributed by atoms with van der Waals surface area (Å²) in [4.78, 5) is 13.7. The van der Waals surface area contributed by atoms with E-state index in [1.54, 1.807) is 6.08 Å². The van der Waals surface area contributed by atoms with Gasteiger partial charge in [0.15, 0.2) is 5.78 Å². The van der Waals surface area contributed by atoms with Crippen LogP contribution in [-0.2, 0) is 11.2 Å². The predicted molar refractivity (Wildman–Crippen MR) is 69.4 cm³/mol. The Balaban J connectivity index is 2.09. The van der Waals surface area contributed by atoms with Gasteiger partial charge in [0.2, 0.25) is 0 Å². The van der Waals surface area contributed by atoms with E-state index in [2.05, 4.69) is 17.9 Å². The second kappa shape index (κ2) is 3.88. The zero-order valence-corrected chi connectivity index (χ0v) is 10.4. The van der Waals surface area contributed by atoms with Crippen LogP contribution in [0.2, 0.25) is 5.02 Å². The number of nitrogens with zero attached hydrogens (tertiary/aromatic N) is 1. The molecular formula is C14H14ClNO. The number of hydrogen-bond acceptors (Lipinski definition) is 2. The van der Waals surface area contributed by atoms with Gasteiger partial charge in [0.25, 0.3) is 0 Å². The van der Waals surface area contributed by atoms with Gasteiger partial charge in [-0.2, -0.15) is 0 Å². The second-order valence-corrected chi connectivity index (χ2v) is 5.35. The maximum atomic E-state index is 11.5. The van der Waals surface area contributed by atoms with E-state index >= 15 is 0 Å². The lowest BCUT2D eigenvalue weighted by molar-refractivity contribution is -0.115. The van der Waals surface area contributed by atoms with Crippen molar-refractivity contribution in [2.45, 2.75) is 25.8 Å². The quantitative estimate of drug-likeness (QED) is 0.702. The summed E-state index contributed by atoms with van der Waals surface area (Å²) in [6, 6.07) is 6.31. The molecule has 88 valence electrons. The zero-order chi connectivity index (χ0) is 12.0. The summed E-state index contributed by atoms with van der Waals surface area (Å²) in [6.45, 7) is 2.20. The monoisotopic (exact) mass is 247 g/mol. The number of carbonyl (C=O) groups is 1. The summed E-state index contributed by atoms with van der Waals surface area (Å²) in [7, 11) is 0. The van der Waals surface area contributed by atoms with Crippen molar-refractivity contribution in [3.05, 3.63) is 41.1 Å². The lowest BCUT2D eigenvalue weighted by Crippen LogP contribution is -2.44. The first kappa shape index (κ1) is 10.8. The number of halogens is 1. The summed E-state index contributed by atoms with van der Waals surface area (Å²) in [5.41, 5.74) is 2.47. The van der Waals surface area contributed by atoms with Gasteiger partial charge in [-0.1, -0.05) is 18.5 Å². The fraction of sp³-hybridized carbons (Fsp3) is 0.357. The van der Waals surface area contributed by atoms with Crippen molar-refractivity contribution in [1.29, 1.82) is 0 Å². The topological polar surface area (TPSA) is 20.3 Å². The van der Waals surface area contributed by atoms with Crippen LogP contribution in [0.25, 0.3) is 0 Å². The number of ketones is 1. The minimum Gasteiger partial charge on any atom is -0.344 e. The third-order valence-corrected chi connectivity index (χ3v) is 3.94. The van der Waals surface area contributed by atoms with Gasteiger partial charge in [-0.25, -0.2) is 0 Å². The van der Waals surface area contributed by atoms with E-state index in [1.807, 2.05) is 18.3 Å². The number of allylic oxidation sites excluding steroid dienone is 1. The van der Waals surface area contributed by atoms with E-state index in [4.69, 9.17) is 11.6 Å². The largest absolute Gasteiger partial charge is 0.344 e. The lowest BCUT2D eigenvalue weighted by Gasteiger charge is -2.42. The molecule has 0 fully saturated rings. The van der Waals surface area contributed by atoms with Crippen molar-refractivity contribution < 1.29 is 4.79 Å². The summed E-state index contributed by atoms with van der Waals surface area (Å²) >= 11 is 6.03. The fourth-order valence-corrected chi connectivity index (χ4v) is 3.03. The molecule has 2 aliphatic heterocycles. The first-order valence-corrected chi connectivity index (χ1v) is 6.31. The molecule has 3 rings (SSSR count). The highest BCUT2D eigenvalue weighted by atomic mass is 35.5. The average molecular weight is 248 g/mol. The number of rotatable bonds is 0. The molecule has 2 nitrogen and oxygen atoms in total. The Kier molecular flexibility index (Phi) is 2.48. The molecule has 0 aliphatic carbocycles. The van der Waals surface area contributed by atoms with Crippen LogP contribution in [0.4, 0.5) is 5.69 Å². The van der Waals surface area contributed by atoms with Crippen molar-refractivity contribution in [3.63, 3.8) is 0 Å². The summed E-state index contributed by atoms with van der Waals surface area (Å²) in [5, 5.41) is 0.784. The van der Waals surface area contributed by atoms with Crippen LogP contribution < -0.4 is 4.90 Å². The number of benzene rings is 1. The first-order chi connectivity index (χ1) is 8.15. The molecule has 2 aliphatic rings. The van der Waals surface area contributed by atoms with Gasteiger partial charge in [0.05, 0.1) is 0 Å². The van der Waals surface area contributed by atoms with Crippen LogP contribution in [0.15, 0.2) is 30.5 Å². The van der Waals surface area contributed by atoms with E-state index in [-0.39, 0.29) is 5.78 Å². The van der Waals surface area contributed by atoms with Crippen molar-refractivity contribution in [2.24, 2.45) is 5.92 Å². The highest BCUT2D eigenvalue weighted by Crippen LogP contribution is 2.38. The molecule has 1 aromatic carbocycles. The van der Waals surface area contributed by atoms with Crippen molar-refractivity contribution in [3.8, 4) is 0 Å². The predicted octanol–water partition coefficient (Wildman–Crippen LogP) is 3.19. The van der Waals surface area contributed by atoms with Crippen LogP contribution in [-0.4, -0.2) is 11.8 Å². The Morgan fingerprint density at radius 2 is 2.18 bits per heavy atom. The van der Waals surface area contributed by atoms with Crippen LogP contribution in [0.5, 0.6) is 0 Å². The molecule has 2 heterocycles. The molecule has 0 saturated heterocycles. The Morgan fingerprint density at radius 3 is 3.00 bits per heavy atom. The van der Waals surface area contributed by atoms with Gasteiger partial charge in [0, 0.05) is 29.4 Å². The molecule has 0 unspecified atom stereocenters. The molecule has 1 aromatic rings. The lowest BCUT2D eigenvalue weighted by atomic mass is 9.83. The van der Waals surface area contributed by atoms with Crippen LogP contribution in [0.1, 0.15) is 18.9 Å². The Labute approximate surface area is 106 Å². The van der Waals surface area contributed by atoms with Gasteiger partial charge in [0.1, 0.15) is 0 Å². The van der Waals surface area contributed by atoms with Gasteiger partial charge in [-0.3, -0.25) is 4.79 Å². The van der Waals surface area contributed by atoms with E-state index in [1.165, 1.54) is 11.3 Å². The van der Waals surface area contributed by atoms with Gasteiger partial charge in [-0.15, -0.1) is 0 Å². The molecule has 0 amide bonds. The molecule has 3 heteroatoms. The van der Waals surface area contributed by atoms with Crippen molar-refractivity contribution in [2.75, 3.05) is 4.90 Å². The highest BCUT2D eigenvalue weighted by molar-refractivity contribution is 6.30. The van der Waals surface area contributed by atoms with Crippen molar-refractivity contribution in [1.82, 2.24) is 0 Å². The third kappa shape index (κ3) is 1.77. The Bertz CT molecular complexity index is 509. The van der Waals surface area contributed by atoms with Crippen LogP contribution >= 0.6 is 11.6 Å². The molecule has 17 heavy (non-hydrogen) atoms. The van der Waals surface area contributed by atoms with Crippen LogP contribution in [0, 0.1) is 5.92 Å². The molecular weight excluding hydrogens is 234 g/mol. The standard InChI is InChI=1S/C14H14ClNO/c1-9-6-10-7-11(15)2-3-13(10)16-5-4-12(17)8-14(9)16/h2-5,7,9,14H,6,8H2,1H3/t9-,14+/m0/s1. The van der Waals surface area contributed by atoms with Gasteiger partial charge in [-0.05, 0) is 42.2 Å². The summed E-state index contributed by atoms with van der Waals surface area (Å²) in [5.74, 6) is 0.713. The average Bonchev–Trinajstić information content (AvgIpc) is 2.29. The van der Waals surface area contributed by atoms with E-state index in [9.17, 15) is 4.79 Å². The Hall–Kier alpha value is -1.28. The minimum absolute atomic E-state index is 0.232. The first-order valence-electron chi connectivity index (χ1n) is 5.93. The van der Waals surface area contributed by atoms with E-state index < -0.39 is 0 Å². The molecule has 0 N–H and O–H groups in total. The third-order valence-electron chi connectivity index (χ3n) is 3.71. The number of anilines is 1. The zero-order valence-electron chi connectivity index (χ0n) is 9.69. The maximum absolute atomic E-state index is 11.5. The SMILES string of the molecule is C[C@H]1Cc2cc(Cl)ccc2N2C=CC(=O)C[C@H]12. The van der Waals surface area contributed by atoms with Crippen molar-refractivity contribution >= 4 is 23.1 Å². The molecule has 0 saturated carbocycles. The minimum atomic E-state index is 0.232.